The van der Waals surface area contributed by atoms with Gasteiger partial charge in [-0.15, -0.1) is 0 Å². The van der Waals surface area contributed by atoms with E-state index in [-0.39, 0.29) is 17.5 Å². The fourth-order valence-corrected chi connectivity index (χ4v) is 3.78. The summed E-state index contributed by atoms with van der Waals surface area (Å²) in [6.07, 6.45) is -0.826. The van der Waals surface area contributed by atoms with Crippen LogP contribution in [0, 0.1) is 11.3 Å². The molecule has 0 saturated carbocycles. The first-order valence-corrected chi connectivity index (χ1v) is 6.44. The summed E-state index contributed by atoms with van der Waals surface area (Å²) in [4.78, 5) is 2.11. The Morgan fingerprint density at radius 1 is 1.24 bits per heavy atom. The van der Waals surface area contributed by atoms with Crippen LogP contribution in [0.25, 0.3) is 0 Å². The summed E-state index contributed by atoms with van der Waals surface area (Å²) in [5.74, 6) is -1.11. The van der Waals surface area contributed by atoms with Crippen molar-refractivity contribution in [3.63, 3.8) is 0 Å². The van der Waals surface area contributed by atoms with Gasteiger partial charge in [0, 0.05) is 12.1 Å². The summed E-state index contributed by atoms with van der Waals surface area (Å²) < 4.78 is 38.5. The van der Waals surface area contributed by atoms with E-state index in [2.05, 4.69) is 25.7 Å². The Kier molecular flexibility index (Phi) is 3.00. The highest BCUT2D eigenvalue weighted by molar-refractivity contribution is 5.05. The van der Waals surface area contributed by atoms with Gasteiger partial charge in [-0.1, -0.05) is 20.8 Å². The van der Waals surface area contributed by atoms with Crippen LogP contribution < -0.4 is 0 Å². The van der Waals surface area contributed by atoms with Crippen molar-refractivity contribution < 1.29 is 13.2 Å². The lowest BCUT2D eigenvalue weighted by atomic mass is 9.76. The van der Waals surface area contributed by atoms with Gasteiger partial charge in [-0.3, -0.25) is 4.90 Å². The molecule has 100 valence electrons. The van der Waals surface area contributed by atoms with Crippen molar-refractivity contribution >= 4 is 0 Å². The molecule has 0 N–H and O–H groups in total. The molecule has 0 radical (unpaired) electrons. The molecule has 0 unspecified atom stereocenters. The van der Waals surface area contributed by atoms with Crippen LogP contribution in [0.5, 0.6) is 0 Å². The summed E-state index contributed by atoms with van der Waals surface area (Å²) >= 11 is 0. The summed E-state index contributed by atoms with van der Waals surface area (Å²) in [5.41, 5.74) is -0.0679. The van der Waals surface area contributed by atoms with Crippen LogP contribution in [0.1, 0.15) is 46.5 Å². The zero-order valence-electron chi connectivity index (χ0n) is 10.9. The predicted molar refractivity (Wildman–Crippen MR) is 61.8 cm³/mol. The van der Waals surface area contributed by atoms with Gasteiger partial charge in [-0.05, 0) is 37.6 Å². The Hall–Kier alpha value is -0.250. The number of hydrogen-bond acceptors (Lipinski definition) is 1. The maximum Gasteiger partial charge on any atom is 0.393 e. The van der Waals surface area contributed by atoms with Crippen molar-refractivity contribution in [2.75, 3.05) is 13.1 Å². The molecule has 2 heterocycles. The molecule has 0 aromatic carbocycles. The van der Waals surface area contributed by atoms with E-state index in [1.54, 1.807) is 0 Å². The third-order valence-corrected chi connectivity index (χ3v) is 4.13. The van der Waals surface area contributed by atoms with E-state index in [0.29, 0.717) is 6.42 Å². The fraction of sp³-hybridized carbons (Fsp3) is 1.00. The number of rotatable bonds is 1. The van der Waals surface area contributed by atoms with Gasteiger partial charge < -0.3 is 0 Å². The molecule has 2 aliphatic rings. The van der Waals surface area contributed by atoms with Crippen molar-refractivity contribution in [2.45, 2.75) is 58.2 Å². The molecule has 0 aliphatic carbocycles. The minimum absolute atomic E-state index is 0.100. The third kappa shape index (κ3) is 2.61. The first-order chi connectivity index (χ1) is 7.62. The quantitative estimate of drug-likeness (QED) is 0.682. The SMILES string of the molecule is CC(C)(C)C[C@@]12CCCN1C[C@@H](C(F)(F)F)C2. The Morgan fingerprint density at radius 2 is 1.88 bits per heavy atom. The average molecular weight is 249 g/mol. The molecule has 0 bridgehead atoms. The second-order valence-electron chi connectivity index (χ2n) is 6.95. The zero-order chi connectivity index (χ0) is 12.9. The lowest BCUT2D eigenvalue weighted by Crippen LogP contribution is -2.41. The molecule has 2 fully saturated rings. The van der Waals surface area contributed by atoms with Crippen molar-refractivity contribution in [3.8, 4) is 0 Å². The highest BCUT2D eigenvalue weighted by atomic mass is 19.4. The molecule has 4 heteroatoms. The van der Waals surface area contributed by atoms with Gasteiger partial charge in [0.15, 0.2) is 0 Å². The van der Waals surface area contributed by atoms with Gasteiger partial charge in [-0.2, -0.15) is 13.2 Å². The molecule has 2 saturated heterocycles. The smallest absolute Gasteiger partial charge is 0.297 e. The number of hydrogen-bond donors (Lipinski definition) is 0. The lowest BCUT2D eigenvalue weighted by molar-refractivity contribution is -0.171. The monoisotopic (exact) mass is 249 g/mol. The second-order valence-corrected chi connectivity index (χ2v) is 6.95. The molecule has 2 atom stereocenters. The maximum atomic E-state index is 12.8. The minimum atomic E-state index is -4.02. The van der Waals surface area contributed by atoms with E-state index in [4.69, 9.17) is 0 Å². The molecule has 1 nitrogen and oxygen atoms in total. The molecule has 2 rings (SSSR count). The van der Waals surface area contributed by atoms with Crippen molar-refractivity contribution in [1.29, 1.82) is 0 Å². The number of nitrogens with zero attached hydrogens (tertiary/aromatic N) is 1. The highest BCUT2D eigenvalue weighted by Crippen LogP contribution is 2.51. The first kappa shape index (κ1) is 13.2. The summed E-state index contributed by atoms with van der Waals surface area (Å²) in [7, 11) is 0. The summed E-state index contributed by atoms with van der Waals surface area (Å²) in [5, 5.41) is 0. The van der Waals surface area contributed by atoms with E-state index in [0.717, 1.165) is 25.8 Å². The van der Waals surface area contributed by atoms with E-state index in [1.165, 1.54) is 0 Å². The minimum Gasteiger partial charge on any atom is -0.297 e. The number of halogens is 3. The van der Waals surface area contributed by atoms with Crippen LogP contribution >= 0.6 is 0 Å². The van der Waals surface area contributed by atoms with Crippen LogP contribution in [0.3, 0.4) is 0 Å². The average Bonchev–Trinajstić information content (AvgIpc) is 2.53. The van der Waals surface area contributed by atoms with Crippen LogP contribution in [-0.2, 0) is 0 Å². The number of alkyl halides is 3. The van der Waals surface area contributed by atoms with E-state index in [1.807, 2.05) is 0 Å². The normalized spacial score (nSPS) is 35.3. The Bertz CT molecular complexity index is 292. The van der Waals surface area contributed by atoms with Gasteiger partial charge in [0.2, 0.25) is 0 Å². The second kappa shape index (κ2) is 3.87. The van der Waals surface area contributed by atoms with Gasteiger partial charge in [-0.25, -0.2) is 0 Å². The van der Waals surface area contributed by atoms with E-state index >= 15 is 0 Å². The highest BCUT2D eigenvalue weighted by Gasteiger charge is 2.56. The fourth-order valence-electron chi connectivity index (χ4n) is 3.78. The Labute approximate surface area is 101 Å². The van der Waals surface area contributed by atoms with Crippen molar-refractivity contribution in [1.82, 2.24) is 4.90 Å². The van der Waals surface area contributed by atoms with Gasteiger partial charge in [0.25, 0.3) is 0 Å². The lowest BCUT2D eigenvalue weighted by Gasteiger charge is -2.37. The standard InChI is InChI=1S/C13H22F3N/c1-11(2,3)9-12-5-4-6-17(12)8-10(7-12)13(14,15)16/h10H,4-9H2,1-3H3/t10-,12-/m0/s1. The van der Waals surface area contributed by atoms with Gasteiger partial charge >= 0.3 is 6.18 Å². The van der Waals surface area contributed by atoms with E-state index < -0.39 is 12.1 Å². The molecule has 0 spiro atoms. The van der Waals surface area contributed by atoms with Crippen LogP contribution in [0.2, 0.25) is 0 Å². The molecule has 0 amide bonds. The van der Waals surface area contributed by atoms with Crippen molar-refractivity contribution in [3.05, 3.63) is 0 Å². The molecule has 2 aliphatic heterocycles. The zero-order valence-corrected chi connectivity index (χ0v) is 10.9. The third-order valence-electron chi connectivity index (χ3n) is 4.13. The van der Waals surface area contributed by atoms with Gasteiger partial charge in [0.1, 0.15) is 0 Å². The van der Waals surface area contributed by atoms with Crippen LogP contribution in [0.4, 0.5) is 13.2 Å². The number of fused-ring (bicyclic) bond motifs is 1. The maximum absolute atomic E-state index is 12.8. The first-order valence-electron chi connectivity index (χ1n) is 6.44. The van der Waals surface area contributed by atoms with Crippen LogP contribution in [0.15, 0.2) is 0 Å². The predicted octanol–water partition coefficient (Wildman–Crippen LogP) is 3.84. The van der Waals surface area contributed by atoms with Gasteiger partial charge in [0.05, 0.1) is 5.92 Å². The topological polar surface area (TPSA) is 3.24 Å². The largest absolute Gasteiger partial charge is 0.393 e. The Morgan fingerprint density at radius 3 is 2.41 bits per heavy atom. The molecular formula is C13H22F3N. The summed E-state index contributed by atoms with van der Waals surface area (Å²) in [6.45, 7) is 7.44. The molecule has 17 heavy (non-hydrogen) atoms. The van der Waals surface area contributed by atoms with Crippen molar-refractivity contribution in [2.24, 2.45) is 11.3 Å². The summed E-state index contributed by atoms with van der Waals surface area (Å²) in [6, 6.07) is 0. The Balaban J connectivity index is 2.15. The van der Waals surface area contributed by atoms with Crippen LogP contribution in [-0.4, -0.2) is 29.7 Å². The van der Waals surface area contributed by atoms with E-state index in [9.17, 15) is 13.2 Å². The molecule has 0 aromatic rings. The molecule has 0 aromatic heterocycles. The molecular weight excluding hydrogens is 227 g/mol.